The molecule has 0 aliphatic carbocycles. The van der Waals surface area contributed by atoms with Crippen LogP contribution in [-0.4, -0.2) is 29.9 Å². The minimum absolute atomic E-state index is 0.0577. The van der Waals surface area contributed by atoms with E-state index in [1.165, 1.54) is 12.1 Å². The molecule has 2 aromatic carbocycles. The van der Waals surface area contributed by atoms with Crippen LogP contribution in [0.5, 0.6) is 0 Å². The zero-order chi connectivity index (χ0) is 19.5. The summed E-state index contributed by atoms with van der Waals surface area (Å²) in [6, 6.07) is 13.6. The molecule has 1 N–H and O–H groups in total. The number of carbonyl (C=O) groups excluding carboxylic acids is 2. The number of carbonyl (C=O) groups is 2. The molecule has 2 aliphatic rings. The fourth-order valence-electron chi connectivity index (χ4n) is 4.07. The molecular formula is C22H24FN3O2. The van der Waals surface area contributed by atoms with Crippen molar-refractivity contribution in [2.24, 2.45) is 0 Å². The third kappa shape index (κ3) is 3.86. The van der Waals surface area contributed by atoms with Gasteiger partial charge in [-0.1, -0.05) is 18.2 Å². The number of rotatable bonds is 3. The summed E-state index contributed by atoms with van der Waals surface area (Å²) in [5, 5.41) is 2.98. The highest BCUT2D eigenvalue weighted by Crippen LogP contribution is 2.32. The van der Waals surface area contributed by atoms with Gasteiger partial charge in [-0.15, -0.1) is 0 Å². The van der Waals surface area contributed by atoms with Gasteiger partial charge in [-0.25, -0.2) is 9.18 Å². The maximum Gasteiger partial charge on any atom is 0.322 e. The molecule has 146 valence electrons. The minimum atomic E-state index is -0.274. The van der Waals surface area contributed by atoms with E-state index in [0.29, 0.717) is 18.7 Å². The Labute approximate surface area is 164 Å². The summed E-state index contributed by atoms with van der Waals surface area (Å²) < 4.78 is 13.3. The van der Waals surface area contributed by atoms with Crippen LogP contribution >= 0.6 is 0 Å². The van der Waals surface area contributed by atoms with Crippen LogP contribution in [-0.2, 0) is 4.79 Å². The van der Waals surface area contributed by atoms with Gasteiger partial charge in [-0.2, -0.15) is 0 Å². The van der Waals surface area contributed by atoms with Gasteiger partial charge in [-0.05, 0) is 61.6 Å². The van der Waals surface area contributed by atoms with Crippen molar-refractivity contribution in [2.75, 3.05) is 23.3 Å². The molecule has 2 saturated heterocycles. The lowest BCUT2D eigenvalue weighted by molar-refractivity contribution is -0.117. The quantitative estimate of drug-likeness (QED) is 0.837. The molecule has 0 saturated carbocycles. The fraction of sp³-hybridized carbons (Fsp3) is 0.364. The summed E-state index contributed by atoms with van der Waals surface area (Å²) in [5.41, 5.74) is 2.44. The predicted molar refractivity (Wildman–Crippen MR) is 107 cm³/mol. The molecule has 2 fully saturated rings. The molecule has 28 heavy (non-hydrogen) atoms. The van der Waals surface area contributed by atoms with Crippen molar-refractivity contribution in [1.82, 2.24) is 4.90 Å². The molecule has 1 unspecified atom stereocenters. The number of likely N-dealkylation sites (tertiary alicyclic amines) is 1. The van der Waals surface area contributed by atoms with Crippen molar-refractivity contribution in [1.29, 1.82) is 0 Å². The van der Waals surface area contributed by atoms with E-state index in [-0.39, 0.29) is 23.8 Å². The van der Waals surface area contributed by atoms with Crippen LogP contribution in [0.4, 0.5) is 20.6 Å². The Morgan fingerprint density at radius 2 is 1.86 bits per heavy atom. The smallest absolute Gasteiger partial charge is 0.317 e. The first kappa shape index (κ1) is 18.5. The first-order valence-corrected chi connectivity index (χ1v) is 9.85. The Morgan fingerprint density at radius 3 is 2.61 bits per heavy atom. The van der Waals surface area contributed by atoms with Crippen LogP contribution in [0.3, 0.4) is 0 Å². The molecule has 5 nitrogen and oxygen atoms in total. The van der Waals surface area contributed by atoms with E-state index >= 15 is 0 Å². The SMILES string of the molecule is O=C1CCCN1c1cccc(NC(=O)N2CCCCC2c2ccc(F)cc2)c1. The second-order valence-electron chi connectivity index (χ2n) is 7.39. The van der Waals surface area contributed by atoms with Crippen LogP contribution in [0.15, 0.2) is 48.5 Å². The number of nitrogens with zero attached hydrogens (tertiary/aromatic N) is 2. The van der Waals surface area contributed by atoms with E-state index in [1.807, 2.05) is 29.2 Å². The molecule has 0 bridgehead atoms. The largest absolute Gasteiger partial charge is 0.322 e. The van der Waals surface area contributed by atoms with E-state index in [2.05, 4.69) is 5.32 Å². The Morgan fingerprint density at radius 1 is 1.04 bits per heavy atom. The molecule has 3 amide bonds. The molecule has 0 spiro atoms. The van der Waals surface area contributed by atoms with E-state index in [9.17, 15) is 14.0 Å². The van der Waals surface area contributed by atoms with Gasteiger partial charge in [0.1, 0.15) is 5.82 Å². The summed E-state index contributed by atoms with van der Waals surface area (Å²) in [7, 11) is 0. The first-order valence-electron chi connectivity index (χ1n) is 9.85. The van der Waals surface area contributed by atoms with Gasteiger partial charge >= 0.3 is 6.03 Å². The molecule has 0 aromatic heterocycles. The van der Waals surface area contributed by atoms with Crippen LogP contribution < -0.4 is 10.2 Å². The van der Waals surface area contributed by atoms with Crippen molar-refractivity contribution < 1.29 is 14.0 Å². The molecule has 0 radical (unpaired) electrons. The highest BCUT2D eigenvalue weighted by Gasteiger charge is 2.28. The molecule has 6 heteroatoms. The predicted octanol–water partition coefficient (Wildman–Crippen LogP) is 4.71. The second-order valence-corrected chi connectivity index (χ2v) is 7.39. The fourth-order valence-corrected chi connectivity index (χ4v) is 4.07. The van der Waals surface area contributed by atoms with E-state index < -0.39 is 0 Å². The Bertz CT molecular complexity index is 868. The van der Waals surface area contributed by atoms with Crippen LogP contribution in [0.1, 0.15) is 43.7 Å². The van der Waals surface area contributed by atoms with Crippen molar-refractivity contribution in [3.05, 3.63) is 59.9 Å². The van der Waals surface area contributed by atoms with Crippen molar-refractivity contribution in [2.45, 2.75) is 38.1 Å². The van der Waals surface area contributed by atoms with Gasteiger partial charge in [0.05, 0.1) is 6.04 Å². The Balaban J connectivity index is 1.50. The lowest BCUT2D eigenvalue weighted by atomic mass is 9.95. The maximum absolute atomic E-state index is 13.3. The summed E-state index contributed by atoms with van der Waals surface area (Å²) in [5.74, 6) is -0.153. The molecule has 2 heterocycles. The zero-order valence-electron chi connectivity index (χ0n) is 15.7. The monoisotopic (exact) mass is 381 g/mol. The van der Waals surface area contributed by atoms with Gasteiger partial charge in [0.2, 0.25) is 5.91 Å². The number of benzene rings is 2. The number of anilines is 2. The summed E-state index contributed by atoms with van der Waals surface area (Å²) >= 11 is 0. The lowest BCUT2D eigenvalue weighted by Crippen LogP contribution is -2.41. The van der Waals surface area contributed by atoms with Gasteiger partial charge in [0.15, 0.2) is 0 Å². The Kier molecular flexibility index (Phi) is 5.28. The van der Waals surface area contributed by atoms with Gasteiger partial charge < -0.3 is 15.1 Å². The van der Waals surface area contributed by atoms with E-state index in [1.54, 1.807) is 17.0 Å². The van der Waals surface area contributed by atoms with Gasteiger partial charge in [0.25, 0.3) is 0 Å². The number of amides is 3. The van der Waals surface area contributed by atoms with Gasteiger partial charge in [0, 0.05) is 30.9 Å². The van der Waals surface area contributed by atoms with E-state index in [4.69, 9.17) is 0 Å². The second kappa shape index (κ2) is 8.00. The molecule has 2 aliphatic heterocycles. The maximum atomic E-state index is 13.3. The third-order valence-corrected chi connectivity index (χ3v) is 5.50. The summed E-state index contributed by atoms with van der Waals surface area (Å²) in [6.07, 6.45) is 4.29. The van der Waals surface area contributed by atoms with Crippen molar-refractivity contribution >= 4 is 23.3 Å². The topological polar surface area (TPSA) is 52.7 Å². The van der Waals surface area contributed by atoms with E-state index in [0.717, 1.165) is 43.5 Å². The minimum Gasteiger partial charge on any atom is -0.317 e. The average molecular weight is 381 g/mol. The summed E-state index contributed by atoms with van der Waals surface area (Å²) in [6.45, 7) is 1.38. The number of nitrogens with one attached hydrogen (secondary N) is 1. The normalized spacial score (nSPS) is 19.8. The number of piperidine rings is 1. The molecule has 2 aromatic rings. The number of hydrogen-bond donors (Lipinski definition) is 1. The molecule has 1 atom stereocenters. The highest BCUT2D eigenvalue weighted by atomic mass is 19.1. The average Bonchev–Trinajstić information content (AvgIpc) is 3.15. The number of halogens is 1. The highest BCUT2D eigenvalue weighted by molar-refractivity contribution is 5.96. The van der Waals surface area contributed by atoms with Crippen LogP contribution in [0, 0.1) is 5.82 Å². The summed E-state index contributed by atoms with van der Waals surface area (Å²) in [4.78, 5) is 28.5. The standard InChI is InChI=1S/C22H24FN3O2/c23-17-11-9-16(10-12-17)20-7-1-2-13-26(20)22(28)24-18-5-3-6-19(15-18)25-14-4-8-21(25)27/h3,5-6,9-12,15,20H,1-2,4,7-8,13-14H2,(H,24,28). The van der Waals surface area contributed by atoms with Crippen LogP contribution in [0.25, 0.3) is 0 Å². The first-order chi connectivity index (χ1) is 13.6. The van der Waals surface area contributed by atoms with Crippen LogP contribution in [0.2, 0.25) is 0 Å². The Hall–Kier alpha value is -2.89. The molecular weight excluding hydrogens is 357 g/mol. The van der Waals surface area contributed by atoms with Gasteiger partial charge in [-0.3, -0.25) is 4.79 Å². The van der Waals surface area contributed by atoms with Crippen molar-refractivity contribution in [3.8, 4) is 0 Å². The van der Waals surface area contributed by atoms with Crippen molar-refractivity contribution in [3.63, 3.8) is 0 Å². The molecule has 4 rings (SSSR count). The lowest BCUT2D eigenvalue weighted by Gasteiger charge is -2.36. The zero-order valence-corrected chi connectivity index (χ0v) is 15.7. The number of urea groups is 1. The third-order valence-electron chi connectivity index (χ3n) is 5.50. The number of hydrogen-bond acceptors (Lipinski definition) is 2.